The van der Waals surface area contributed by atoms with E-state index in [9.17, 15) is 14.4 Å². The van der Waals surface area contributed by atoms with Gasteiger partial charge in [0.1, 0.15) is 11.8 Å². The van der Waals surface area contributed by atoms with Gasteiger partial charge in [-0.25, -0.2) is 0 Å². The van der Waals surface area contributed by atoms with Crippen LogP contribution in [0, 0.1) is 5.92 Å². The zero-order valence-electron chi connectivity index (χ0n) is 11.9. The largest absolute Gasteiger partial charge is 0.368 e. The van der Waals surface area contributed by atoms with Crippen molar-refractivity contribution >= 4 is 17.6 Å². The van der Waals surface area contributed by atoms with Gasteiger partial charge in [0, 0.05) is 12.8 Å². The lowest BCUT2D eigenvalue weighted by atomic mass is 9.83. The smallest absolute Gasteiger partial charge is 0.240 e. The van der Waals surface area contributed by atoms with Crippen LogP contribution in [0.2, 0.25) is 0 Å². The van der Waals surface area contributed by atoms with E-state index in [1.54, 1.807) is 0 Å². The predicted molar refractivity (Wildman–Crippen MR) is 78.2 cm³/mol. The molecule has 1 aliphatic rings. The van der Waals surface area contributed by atoms with Gasteiger partial charge in [-0.3, -0.25) is 14.4 Å². The molecule has 0 radical (unpaired) electrons. The third kappa shape index (κ3) is 4.41. The highest BCUT2D eigenvalue weighted by Crippen LogP contribution is 2.24. The molecule has 0 saturated heterocycles. The predicted octanol–water partition coefficient (Wildman–Crippen LogP) is 0.959. The number of nitrogens with one attached hydrogen (secondary N) is 1. The maximum atomic E-state index is 12.0. The number of carbonyl (C=O) groups is 3. The average molecular weight is 288 g/mol. The van der Waals surface area contributed by atoms with Crippen molar-refractivity contribution in [1.82, 2.24) is 5.32 Å². The molecule has 2 amide bonds. The molecule has 5 heteroatoms. The van der Waals surface area contributed by atoms with Crippen molar-refractivity contribution in [1.29, 1.82) is 0 Å². The quantitative estimate of drug-likeness (QED) is 0.845. The molecule has 1 fully saturated rings. The molecule has 21 heavy (non-hydrogen) atoms. The summed E-state index contributed by atoms with van der Waals surface area (Å²) in [4.78, 5) is 35.1. The Morgan fingerprint density at radius 3 is 2.62 bits per heavy atom. The summed E-state index contributed by atoms with van der Waals surface area (Å²) in [6.45, 7) is 0. The van der Waals surface area contributed by atoms with Crippen LogP contribution < -0.4 is 11.1 Å². The fraction of sp³-hybridized carbons (Fsp3) is 0.438. The molecular weight excluding hydrogens is 268 g/mol. The molecule has 112 valence electrons. The highest BCUT2D eigenvalue weighted by Gasteiger charge is 2.31. The minimum Gasteiger partial charge on any atom is -0.368 e. The van der Waals surface area contributed by atoms with Gasteiger partial charge < -0.3 is 11.1 Å². The molecule has 0 bridgehead atoms. The summed E-state index contributed by atoms with van der Waals surface area (Å²) in [6, 6.07) is 8.53. The Balaban J connectivity index is 1.97. The lowest BCUT2D eigenvalue weighted by Gasteiger charge is -2.28. The van der Waals surface area contributed by atoms with E-state index in [1.807, 2.05) is 30.3 Å². The number of ketones is 1. The van der Waals surface area contributed by atoms with Gasteiger partial charge in [-0.2, -0.15) is 0 Å². The van der Waals surface area contributed by atoms with E-state index in [1.165, 1.54) is 0 Å². The van der Waals surface area contributed by atoms with Crippen molar-refractivity contribution < 1.29 is 14.4 Å². The Kier molecular flexibility index (Phi) is 5.09. The number of rotatable bonds is 5. The highest BCUT2D eigenvalue weighted by molar-refractivity contribution is 5.89. The molecule has 1 aromatic carbocycles. The molecule has 3 N–H and O–H groups in total. The normalized spacial score (nSPS) is 19.8. The molecule has 0 aliphatic heterocycles. The Bertz CT molecular complexity index is 528. The SMILES string of the molecule is NC(=O)[C@@H](NC(=O)Cc1ccccc1)[C@H]1CCCC(=O)C1. The number of nitrogens with two attached hydrogens (primary N) is 1. The molecule has 0 spiro atoms. The molecule has 1 saturated carbocycles. The van der Waals surface area contributed by atoms with Crippen LogP contribution in [0.25, 0.3) is 0 Å². The van der Waals surface area contributed by atoms with Crippen LogP contribution in [0.1, 0.15) is 31.2 Å². The maximum Gasteiger partial charge on any atom is 0.240 e. The van der Waals surface area contributed by atoms with Gasteiger partial charge in [0.15, 0.2) is 0 Å². The molecular formula is C16H20N2O3. The van der Waals surface area contributed by atoms with Gasteiger partial charge in [-0.05, 0) is 24.3 Å². The van der Waals surface area contributed by atoms with Crippen LogP contribution in [-0.2, 0) is 20.8 Å². The first-order chi connectivity index (χ1) is 10.1. The van der Waals surface area contributed by atoms with Gasteiger partial charge in [-0.1, -0.05) is 30.3 Å². The average Bonchev–Trinajstić information content (AvgIpc) is 2.45. The molecule has 2 atom stereocenters. The first kappa shape index (κ1) is 15.2. The van der Waals surface area contributed by atoms with Crippen molar-refractivity contribution in [2.75, 3.05) is 0 Å². The summed E-state index contributed by atoms with van der Waals surface area (Å²) in [7, 11) is 0. The Labute approximate surface area is 123 Å². The van der Waals surface area contributed by atoms with Crippen molar-refractivity contribution in [3.05, 3.63) is 35.9 Å². The van der Waals surface area contributed by atoms with Gasteiger partial charge in [-0.15, -0.1) is 0 Å². The van der Waals surface area contributed by atoms with E-state index < -0.39 is 11.9 Å². The second-order valence-corrected chi connectivity index (χ2v) is 5.51. The molecule has 5 nitrogen and oxygen atoms in total. The summed E-state index contributed by atoms with van der Waals surface area (Å²) in [5.74, 6) is -0.864. The highest BCUT2D eigenvalue weighted by atomic mass is 16.2. The molecule has 2 rings (SSSR count). The Morgan fingerprint density at radius 2 is 2.00 bits per heavy atom. The lowest BCUT2D eigenvalue weighted by molar-refractivity contribution is -0.130. The van der Waals surface area contributed by atoms with Crippen LogP contribution >= 0.6 is 0 Å². The summed E-state index contributed by atoms with van der Waals surface area (Å²) >= 11 is 0. The zero-order valence-corrected chi connectivity index (χ0v) is 11.9. The monoisotopic (exact) mass is 288 g/mol. The van der Waals surface area contributed by atoms with Gasteiger partial charge in [0.05, 0.1) is 6.42 Å². The minimum absolute atomic E-state index is 0.134. The third-order valence-corrected chi connectivity index (χ3v) is 3.82. The van der Waals surface area contributed by atoms with Crippen LogP contribution in [0.3, 0.4) is 0 Å². The fourth-order valence-corrected chi connectivity index (χ4v) is 2.77. The molecule has 1 aromatic rings. The summed E-state index contributed by atoms with van der Waals surface area (Å²) in [5, 5.41) is 2.69. The standard InChI is InChI=1S/C16H20N2O3/c17-16(21)15(12-7-4-8-13(19)10-12)18-14(20)9-11-5-2-1-3-6-11/h1-3,5-6,12,15H,4,7-10H2,(H2,17,21)(H,18,20)/t12-,15-/m0/s1. The van der Waals surface area contributed by atoms with Crippen molar-refractivity contribution in [3.8, 4) is 0 Å². The third-order valence-electron chi connectivity index (χ3n) is 3.82. The van der Waals surface area contributed by atoms with E-state index in [4.69, 9.17) is 5.73 Å². The summed E-state index contributed by atoms with van der Waals surface area (Å²) in [5.41, 5.74) is 6.26. The number of Topliss-reactive ketones (excluding diaryl/α,β-unsaturated/α-hetero) is 1. The Hall–Kier alpha value is -2.17. The maximum absolute atomic E-state index is 12.0. The van der Waals surface area contributed by atoms with E-state index in [0.717, 1.165) is 18.4 Å². The fourth-order valence-electron chi connectivity index (χ4n) is 2.77. The van der Waals surface area contributed by atoms with Crippen LogP contribution in [-0.4, -0.2) is 23.6 Å². The van der Waals surface area contributed by atoms with E-state index in [2.05, 4.69) is 5.32 Å². The first-order valence-corrected chi connectivity index (χ1v) is 7.20. The van der Waals surface area contributed by atoms with Gasteiger partial charge >= 0.3 is 0 Å². The van der Waals surface area contributed by atoms with E-state index in [-0.39, 0.29) is 24.0 Å². The number of hydrogen-bond donors (Lipinski definition) is 2. The van der Waals surface area contributed by atoms with Crippen molar-refractivity contribution in [2.45, 2.75) is 38.1 Å². The number of hydrogen-bond acceptors (Lipinski definition) is 3. The second kappa shape index (κ2) is 7.02. The van der Waals surface area contributed by atoms with Crippen molar-refractivity contribution in [3.63, 3.8) is 0 Å². The molecule has 0 unspecified atom stereocenters. The van der Waals surface area contributed by atoms with Gasteiger partial charge in [0.2, 0.25) is 11.8 Å². The molecule has 1 aliphatic carbocycles. The van der Waals surface area contributed by atoms with Gasteiger partial charge in [0.25, 0.3) is 0 Å². The topological polar surface area (TPSA) is 89.3 Å². The molecule has 0 heterocycles. The zero-order chi connectivity index (χ0) is 15.2. The van der Waals surface area contributed by atoms with E-state index >= 15 is 0 Å². The Morgan fingerprint density at radius 1 is 1.29 bits per heavy atom. The number of benzene rings is 1. The van der Waals surface area contributed by atoms with Crippen LogP contribution in [0.4, 0.5) is 0 Å². The minimum atomic E-state index is -0.759. The number of primary amides is 1. The summed E-state index contributed by atoms with van der Waals surface area (Å²) in [6.07, 6.45) is 2.57. The van der Waals surface area contributed by atoms with E-state index in [0.29, 0.717) is 12.8 Å². The second-order valence-electron chi connectivity index (χ2n) is 5.51. The number of amides is 2. The number of carbonyl (C=O) groups excluding carboxylic acids is 3. The summed E-state index contributed by atoms with van der Waals surface area (Å²) < 4.78 is 0. The van der Waals surface area contributed by atoms with Crippen LogP contribution in [0.15, 0.2) is 30.3 Å². The van der Waals surface area contributed by atoms with Crippen LogP contribution in [0.5, 0.6) is 0 Å². The molecule has 0 aromatic heterocycles. The lowest BCUT2D eigenvalue weighted by Crippen LogP contribution is -2.50. The van der Waals surface area contributed by atoms with Crippen molar-refractivity contribution in [2.24, 2.45) is 11.7 Å². The first-order valence-electron chi connectivity index (χ1n) is 7.20.